The van der Waals surface area contributed by atoms with Gasteiger partial charge in [0.05, 0.1) is 26.4 Å². The average molecular weight is 1520 g/mol. The van der Waals surface area contributed by atoms with Crippen molar-refractivity contribution in [1.29, 1.82) is 0 Å². The van der Waals surface area contributed by atoms with Crippen LogP contribution >= 0.6 is 15.6 Å². The second-order valence-electron chi connectivity index (χ2n) is 31.1. The fourth-order valence-electron chi connectivity index (χ4n) is 13.2. The van der Waals surface area contributed by atoms with Crippen molar-refractivity contribution in [3.8, 4) is 0 Å². The second kappa shape index (κ2) is 76.4. The van der Waals surface area contributed by atoms with Crippen molar-refractivity contribution in [1.82, 2.24) is 0 Å². The Morgan fingerprint density at radius 3 is 0.683 bits per heavy atom. The molecule has 0 aromatic heterocycles. The molecule has 618 valence electrons. The van der Waals surface area contributed by atoms with Gasteiger partial charge in [0.25, 0.3) is 0 Å². The van der Waals surface area contributed by atoms with Crippen molar-refractivity contribution < 1.29 is 80.2 Å². The third-order valence-electron chi connectivity index (χ3n) is 20.7. The van der Waals surface area contributed by atoms with E-state index in [0.717, 1.165) is 102 Å². The number of hydrogen-bond donors (Lipinski definition) is 3. The summed E-state index contributed by atoms with van der Waals surface area (Å²) in [5, 5.41) is 10.7. The molecule has 0 saturated carbocycles. The Balaban J connectivity index is 5.24. The van der Waals surface area contributed by atoms with Crippen LogP contribution in [0, 0.1) is 11.8 Å². The summed E-state index contributed by atoms with van der Waals surface area (Å²) in [7, 11) is -9.93. The Kier molecular flexibility index (Phi) is 75.0. The number of unbranched alkanes of at least 4 members (excludes halogenated alkanes) is 52. The molecule has 0 aromatic carbocycles. The van der Waals surface area contributed by atoms with Gasteiger partial charge < -0.3 is 33.8 Å². The van der Waals surface area contributed by atoms with Gasteiger partial charge in [-0.25, -0.2) is 9.13 Å². The Bertz CT molecular complexity index is 2000. The third-order valence-corrected chi connectivity index (χ3v) is 22.6. The lowest BCUT2D eigenvalue weighted by molar-refractivity contribution is -0.161. The molecule has 0 aliphatic rings. The van der Waals surface area contributed by atoms with E-state index in [1.54, 1.807) is 0 Å². The second-order valence-corrected chi connectivity index (χ2v) is 34.0. The fraction of sp³-hybridized carbons (Fsp3) is 0.953. The Morgan fingerprint density at radius 2 is 0.462 bits per heavy atom. The minimum absolute atomic E-state index is 0.107. The normalized spacial score (nSPS) is 14.4. The molecule has 0 saturated heterocycles. The van der Waals surface area contributed by atoms with Crippen LogP contribution in [0.1, 0.15) is 452 Å². The summed E-state index contributed by atoms with van der Waals surface area (Å²) in [4.78, 5) is 73.2. The van der Waals surface area contributed by atoms with Crippen LogP contribution in [-0.2, 0) is 65.4 Å². The summed E-state index contributed by atoms with van der Waals surface area (Å²) in [6, 6.07) is 0. The standard InChI is InChI=1S/C85H166O17P2/c1-7-11-13-15-17-19-21-23-24-25-26-27-28-29-30-36-40-44-52-58-64-70-85(90)101-80(73-95-82(87)67-61-55-49-42-38-35-32-31-34-37-41-47-53-59-65-77(5)9-3)75-99-103(91,92)97-71-79(86)72-98-104(93,94)100-76-81(74-96-83(88)68-62-56-50-46-45-48-54-60-66-78(6)10-4)102-84(89)69-63-57-51-43-39-33-22-20-18-16-14-12-8-2/h77-81,86H,7-76H2,1-6H3,(H,91,92)(H,93,94)/t77?,78?,79-,80-,81-/m1/s1. The maximum Gasteiger partial charge on any atom is 0.472 e. The summed E-state index contributed by atoms with van der Waals surface area (Å²) in [6.07, 6.45) is 67.9. The van der Waals surface area contributed by atoms with E-state index in [0.29, 0.717) is 25.7 Å². The van der Waals surface area contributed by atoms with E-state index in [4.69, 9.17) is 37.0 Å². The Labute approximate surface area is 638 Å². The first-order valence-electron chi connectivity index (χ1n) is 44.1. The lowest BCUT2D eigenvalue weighted by Gasteiger charge is -2.21. The molecule has 0 aliphatic carbocycles. The molecule has 0 radical (unpaired) electrons. The third kappa shape index (κ3) is 75.5. The molecule has 0 rings (SSSR count). The Hall–Kier alpha value is -1.94. The number of phosphoric ester groups is 2. The number of esters is 4. The lowest BCUT2D eigenvalue weighted by atomic mass is 9.99. The van der Waals surface area contributed by atoms with Crippen LogP contribution in [0.3, 0.4) is 0 Å². The highest BCUT2D eigenvalue weighted by Gasteiger charge is 2.30. The highest BCUT2D eigenvalue weighted by molar-refractivity contribution is 7.47. The maximum absolute atomic E-state index is 13.1. The summed E-state index contributed by atoms with van der Waals surface area (Å²) in [5.74, 6) is -0.475. The van der Waals surface area contributed by atoms with Crippen LogP contribution in [-0.4, -0.2) is 96.7 Å². The van der Waals surface area contributed by atoms with E-state index >= 15 is 0 Å². The molecule has 19 heteroatoms. The molecule has 0 aromatic rings. The predicted octanol–water partition coefficient (Wildman–Crippen LogP) is 25.8. The van der Waals surface area contributed by atoms with Crippen LogP contribution in [0.15, 0.2) is 0 Å². The first kappa shape index (κ1) is 102. The molecule has 4 unspecified atom stereocenters. The van der Waals surface area contributed by atoms with Crippen molar-refractivity contribution in [2.75, 3.05) is 39.6 Å². The van der Waals surface area contributed by atoms with Crippen LogP contribution in [0.5, 0.6) is 0 Å². The highest BCUT2D eigenvalue weighted by atomic mass is 31.2. The van der Waals surface area contributed by atoms with Gasteiger partial charge in [0.15, 0.2) is 12.2 Å². The molecule has 0 amide bonds. The van der Waals surface area contributed by atoms with Crippen molar-refractivity contribution in [3.63, 3.8) is 0 Å². The predicted molar refractivity (Wildman–Crippen MR) is 428 cm³/mol. The highest BCUT2D eigenvalue weighted by Crippen LogP contribution is 2.45. The van der Waals surface area contributed by atoms with E-state index in [2.05, 4.69) is 41.5 Å². The van der Waals surface area contributed by atoms with E-state index in [1.807, 2.05) is 0 Å². The SMILES string of the molecule is CCCCCCCCCCCCCCCCCCCCCCCC(=O)O[C@H](COC(=O)CCCCCCCCCCCCCCCCC(C)CC)COP(=O)(O)OC[C@@H](O)COP(=O)(O)OC[C@@H](COC(=O)CCCCCCCCCCC(C)CC)OC(=O)CCCCCCCCCCCCCCC. The quantitative estimate of drug-likeness (QED) is 0.0222. The molecule has 0 bridgehead atoms. The van der Waals surface area contributed by atoms with Gasteiger partial charge in [0, 0.05) is 25.7 Å². The molecule has 0 spiro atoms. The van der Waals surface area contributed by atoms with E-state index < -0.39 is 97.5 Å². The summed E-state index contributed by atoms with van der Waals surface area (Å²) in [6.45, 7) is 9.72. The number of ether oxygens (including phenoxy) is 4. The van der Waals surface area contributed by atoms with Crippen molar-refractivity contribution in [3.05, 3.63) is 0 Å². The van der Waals surface area contributed by atoms with Gasteiger partial charge >= 0.3 is 39.5 Å². The minimum Gasteiger partial charge on any atom is -0.462 e. The van der Waals surface area contributed by atoms with E-state index in [9.17, 15) is 43.2 Å². The number of hydrogen-bond acceptors (Lipinski definition) is 15. The Morgan fingerprint density at radius 1 is 0.269 bits per heavy atom. The molecule has 0 heterocycles. The first-order chi connectivity index (χ1) is 50.4. The summed E-state index contributed by atoms with van der Waals surface area (Å²) < 4.78 is 68.9. The minimum atomic E-state index is -4.97. The number of rotatable bonds is 84. The molecule has 17 nitrogen and oxygen atoms in total. The van der Waals surface area contributed by atoms with Gasteiger partial charge in [-0.3, -0.25) is 37.3 Å². The number of aliphatic hydroxyl groups excluding tert-OH is 1. The van der Waals surface area contributed by atoms with Crippen LogP contribution in [0.4, 0.5) is 0 Å². The number of carbonyl (C=O) groups excluding carboxylic acids is 4. The monoisotopic (exact) mass is 1520 g/mol. The van der Waals surface area contributed by atoms with Crippen LogP contribution in [0.2, 0.25) is 0 Å². The number of aliphatic hydroxyl groups is 1. The molecule has 3 N–H and O–H groups in total. The topological polar surface area (TPSA) is 237 Å². The van der Waals surface area contributed by atoms with Crippen molar-refractivity contribution in [2.24, 2.45) is 11.8 Å². The first-order valence-corrected chi connectivity index (χ1v) is 47.1. The number of carbonyl (C=O) groups is 4. The molecular weight excluding hydrogens is 1350 g/mol. The van der Waals surface area contributed by atoms with E-state index in [-0.39, 0.29) is 25.7 Å². The van der Waals surface area contributed by atoms with Crippen LogP contribution < -0.4 is 0 Å². The zero-order valence-electron chi connectivity index (χ0n) is 68.3. The summed E-state index contributed by atoms with van der Waals surface area (Å²) in [5.41, 5.74) is 0. The summed E-state index contributed by atoms with van der Waals surface area (Å²) >= 11 is 0. The zero-order chi connectivity index (χ0) is 76.4. The van der Waals surface area contributed by atoms with Gasteiger partial charge in [-0.1, -0.05) is 401 Å². The van der Waals surface area contributed by atoms with Crippen molar-refractivity contribution in [2.45, 2.75) is 471 Å². The van der Waals surface area contributed by atoms with Crippen LogP contribution in [0.25, 0.3) is 0 Å². The zero-order valence-corrected chi connectivity index (χ0v) is 70.1. The molecule has 7 atom stereocenters. The largest absolute Gasteiger partial charge is 0.472 e. The maximum atomic E-state index is 13.1. The number of phosphoric acid groups is 2. The van der Waals surface area contributed by atoms with E-state index in [1.165, 1.54) is 270 Å². The van der Waals surface area contributed by atoms with Gasteiger partial charge in [-0.15, -0.1) is 0 Å². The van der Waals surface area contributed by atoms with Crippen molar-refractivity contribution >= 4 is 39.5 Å². The van der Waals surface area contributed by atoms with Gasteiger partial charge in [0.1, 0.15) is 19.3 Å². The van der Waals surface area contributed by atoms with Gasteiger partial charge in [-0.05, 0) is 37.5 Å². The molecule has 0 aliphatic heterocycles. The van der Waals surface area contributed by atoms with Gasteiger partial charge in [0.2, 0.25) is 0 Å². The lowest BCUT2D eigenvalue weighted by Crippen LogP contribution is -2.30. The molecule has 104 heavy (non-hydrogen) atoms. The fourth-order valence-corrected chi connectivity index (χ4v) is 14.8. The van der Waals surface area contributed by atoms with Gasteiger partial charge in [-0.2, -0.15) is 0 Å². The molecular formula is C85H166O17P2. The average Bonchev–Trinajstić information content (AvgIpc) is 0.903. The smallest absolute Gasteiger partial charge is 0.462 e. The molecule has 0 fully saturated rings.